The van der Waals surface area contributed by atoms with Crippen molar-refractivity contribution < 1.29 is 47.8 Å². The molecule has 0 aromatic rings. The number of rotatable bonds is 37. The van der Waals surface area contributed by atoms with Gasteiger partial charge in [-0.15, -0.1) is 0 Å². The highest BCUT2D eigenvalue weighted by Gasteiger charge is 2.27. The second kappa shape index (κ2) is 42.2. The normalized spacial score (nSPS) is 15.1. The van der Waals surface area contributed by atoms with Crippen LogP contribution in [-0.2, 0) is 32.7 Å². The van der Waals surface area contributed by atoms with Crippen LogP contribution in [0.2, 0.25) is 0 Å². The molecule has 3 atom stereocenters. The van der Waals surface area contributed by atoms with Crippen molar-refractivity contribution in [2.24, 2.45) is 0 Å². The molecule has 0 saturated carbocycles. The van der Waals surface area contributed by atoms with Gasteiger partial charge >= 0.3 is 19.8 Å². The first-order chi connectivity index (χ1) is 28.8. The van der Waals surface area contributed by atoms with Crippen molar-refractivity contribution in [2.75, 3.05) is 26.4 Å². The van der Waals surface area contributed by atoms with Gasteiger partial charge in [-0.2, -0.15) is 0 Å². The molecule has 0 amide bonds. The van der Waals surface area contributed by atoms with Crippen LogP contribution >= 0.6 is 7.82 Å². The van der Waals surface area contributed by atoms with Gasteiger partial charge in [0, 0.05) is 12.8 Å². The highest BCUT2D eigenvalue weighted by Crippen LogP contribution is 2.43. The quantitative estimate of drug-likeness (QED) is 0.0239. The predicted molar refractivity (Wildman–Crippen MR) is 241 cm³/mol. The minimum atomic E-state index is -4.68. The van der Waals surface area contributed by atoms with E-state index in [0.717, 1.165) is 70.6 Å². The summed E-state index contributed by atoms with van der Waals surface area (Å²) in [5.41, 5.74) is 0. The van der Waals surface area contributed by atoms with Gasteiger partial charge in [0.15, 0.2) is 0 Å². The second-order valence-electron chi connectivity index (χ2n) is 13.2. The molecule has 0 aromatic heterocycles. The summed E-state index contributed by atoms with van der Waals surface area (Å²) in [6, 6.07) is 0. The Hall–Kier alpha value is -3.89. The number of ether oxygens (including phenoxy) is 2. The molecule has 11 heteroatoms. The van der Waals surface area contributed by atoms with E-state index in [1.165, 1.54) is 0 Å². The first-order valence-electron chi connectivity index (χ1n) is 21.1. The molecular formula is C48H73O10P. The third-order valence-corrected chi connectivity index (χ3v) is 8.82. The molecule has 0 fully saturated rings. The number of aliphatic hydroxyl groups is 2. The monoisotopic (exact) mass is 840 g/mol. The molecule has 0 saturated heterocycles. The minimum absolute atomic E-state index is 0.0534. The van der Waals surface area contributed by atoms with Gasteiger partial charge in [-0.3, -0.25) is 18.6 Å². The highest BCUT2D eigenvalue weighted by atomic mass is 31.2. The molecule has 10 nitrogen and oxygen atoms in total. The lowest BCUT2D eigenvalue weighted by atomic mass is 10.2. The number of unbranched alkanes of at least 4 members (excludes halogenated alkanes) is 1. The van der Waals surface area contributed by atoms with Gasteiger partial charge in [-0.1, -0.05) is 148 Å². The number of carbonyl (C=O) groups is 2. The van der Waals surface area contributed by atoms with E-state index >= 15 is 0 Å². The molecule has 59 heavy (non-hydrogen) atoms. The molecule has 0 aromatic carbocycles. The Morgan fingerprint density at radius 2 is 0.746 bits per heavy atom. The fourth-order valence-corrected chi connectivity index (χ4v) is 5.49. The molecule has 0 heterocycles. The van der Waals surface area contributed by atoms with E-state index in [2.05, 4.69) is 117 Å². The fourth-order valence-electron chi connectivity index (χ4n) is 4.70. The molecule has 0 rings (SSSR count). The third kappa shape index (κ3) is 40.7. The van der Waals surface area contributed by atoms with E-state index in [1.807, 2.05) is 30.4 Å². The summed E-state index contributed by atoms with van der Waals surface area (Å²) in [4.78, 5) is 34.5. The van der Waals surface area contributed by atoms with Crippen LogP contribution in [0.4, 0.5) is 0 Å². The van der Waals surface area contributed by atoms with Crippen LogP contribution < -0.4 is 0 Å². The molecule has 0 bridgehead atoms. The summed E-state index contributed by atoms with van der Waals surface area (Å²) < 4.78 is 32.4. The van der Waals surface area contributed by atoms with E-state index in [4.69, 9.17) is 18.5 Å². The maximum absolute atomic E-state index is 12.4. The van der Waals surface area contributed by atoms with Gasteiger partial charge in [0.1, 0.15) is 12.2 Å². The molecule has 0 aliphatic rings. The Bertz CT molecular complexity index is 1430. The van der Waals surface area contributed by atoms with Gasteiger partial charge in [0.25, 0.3) is 0 Å². The van der Waals surface area contributed by atoms with E-state index in [9.17, 15) is 29.3 Å². The Kier molecular flexibility index (Phi) is 39.5. The van der Waals surface area contributed by atoms with Crippen LogP contribution in [0.25, 0.3) is 0 Å². The van der Waals surface area contributed by atoms with Gasteiger partial charge in [-0.25, -0.2) is 4.57 Å². The zero-order chi connectivity index (χ0) is 43.3. The van der Waals surface area contributed by atoms with Gasteiger partial charge in [0.05, 0.1) is 26.4 Å². The molecular weight excluding hydrogens is 767 g/mol. The molecule has 3 unspecified atom stereocenters. The fraction of sp³-hybridized carbons (Fsp3) is 0.500. The van der Waals surface area contributed by atoms with E-state index in [0.29, 0.717) is 19.3 Å². The average molecular weight is 841 g/mol. The molecule has 330 valence electrons. The van der Waals surface area contributed by atoms with Crippen molar-refractivity contribution in [1.82, 2.24) is 0 Å². The van der Waals surface area contributed by atoms with Crippen molar-refractivity contribution in [2.45, 2.75) is 129 Å². The van der Waals surface area contributed by atoms with Crippen LogP contribution in [0.1, 0.15) is 117 Å². The van der Waals surface area contributed by atoms with Crippen molar-refractivity contribution in [3.8, 4) is 0 Å². The van der Waals surface area contributed by atoms with Crippen LogP contribution in [0.15, 0.2) is 134 Å². The summed E-state index contributed by atoms with van der Waals surface area (Å²) in [6.45, 7) is 1.79. The number of hydrogen-bond donors (Lipinski definition) is 3. The topological polar surface area (TPSA) is 149 Å². The summed E-state index contributed by atoms with van der Waals surface area (Å²) in [6.07, 6.45) is 55.9. The molecule has 0 aliphatic heterocycles. The zero-order valence-corrected chi connectivity index (χ0v) is 36.5. The van der Waals surface area contributed by atoms with Crippen molar-refractivity contribution in [3.63, 3.8) is 0 Å². The Morgan fingerprint density at radius 3 is 1.07 bits per heavy atom. The van der Waals surface area contributed by atoms with Crippen molar-refractivity contribution >= 4 is 19.8 Å². The first-order valence-corrected chi connectivity index (χ1v) is 22.6. The maximum Gasteiger partial charge on any atom is 0.472 e. The number of hydrogen-bond acceptors (Lipinski definition) is 9. The lowest BCUT2D eigenvalue weighted by Gasteiger charge is -2.20. The number of phosphoric ester groups is 1. The lowest BCUT2D eigenvalue weighted by Crippen LogP contribution is -2.28. The number of aliphatic hydroxyl groups excluding tert-OH is 2. The Labute approximate surface area is 355 Å². The molecule has 0 radical (unpaired) electrons. The molecule has 0 aliphatic carbocycles. The largest absolute Gasteiger partial charge is 0.472 e. The van der Waals surface area contributed by atoms with Crippen LogP contribution in [0, 0.1) is 0 Å². The SMILES string of the molecule is CC/C=C\C/C=C\C/C=C\C/C=C\C/C=C\C/C=C\CCC(=O)OC(CO)COP(=O)(O)OCC(CO)OC(=O)CCC/C=C\C/C=C\C/C=C\C/C=C\C/C=C\CC. The van der Waals surface area contributed by atoms with Crippen molar-refractivity contribution in [3.05, 3.63) is 134 Å². The van der Waals surface area contributed by atoms with Gasteiger partial charge in [-0.05, 0) is 89.9 Å². The Morgan fingerprint density at radius 1 is 0.458 bits per heavy atom. The minimum Gasteiger partial charge on any atom is -0.457 e. The summed E-state index contributed by atoms with van der Waals surface area (Å²) in [5, 5.41) is 19.1. The number of allylic oxidation sites excluding steroid dienone is 22. The number of carbonyl (C=O) groups excluding carboxylic acids is 2. The molecule has 3 N–H and O–H groups in total. The zero-order valence-electron chi connectivity index (χ0n) is 35.6. The van der Waals surface area contributed by atoms with E-state index in [1.54, 1.807) is 0 Å². The van der Waals surface area contributed by atoms with Crippen LogP contribution in [0.5, 0.6) is 0 Å². The summed E-state index contributed by atoms with van der Waals surface area (Å²) >= 11 is 0. The summed E-state index contributed by atoms with van der Waals surface area (Å²) in [5.74, 6) is -1.18. The average Bonchev–Trinajstić information content (AvgIpc) is 3.22. The highest BCUT2D eigenvalue weighted by molar-refractivity contribution is 7.47. The standard InChI is InChI=1S/C48H73O10P/c1-3-5-7-9-11-13-15-17-19-21-22-24-26-28-30-32-34-36-38-40-48(52)58-46(42-50)44-56-59(53,54)55-43-45(41-49)57-47(51)39-37-35-33-31-29-27-25-23-20-18-16-14-12-10-8-6-4-2/h5-8,11-14,17-20,22,24-25,27-28,30-31,33-34,36,45-46,49-50H,3-4,9-10,15-16,21,23,26,29,32,35,37-44H2,1-2H3,(H,53,54)/b7-5-,8-6-,13-11-,14-12-,19-17-,20-18-,24-22-,27-25-,30-28-,33-31-,36-34-. The summed E-state index contributed by atoms with van der Waals surface area (Å²) in [7, 11) is -4.68. The molecule has 0 spiro atoms. The van der Waals surface area contributed by atoms with Crippen LogP contribution in [-0.4, -0.2) is 65.7 Å². The Balaban J connectivity index is 4.15. The smallest absolute Gasteiger partial charge is 0.457 e. The van der Waals surface area contributed by atoms with Crippen LogP contribution in [0.3, 0.4) is 0 Å². The predicted octanol–water partition coefficient (Wildman–Crippen LogP) is 11.3. The van der Waals surface area contributed by atoms with Gasteiger partial charge in [0.2, 0.25) is 0 Å². The van der Waals surface area contributed by atoms with Gasteiger partial charge < -0.3 is 24.6 Å². The van der Waals surface area contributed by atoms with Crippen molar-refractivity contribution in [1.29, 1.82) is 0 Å². The first kappa shape index (κ1) is 55.1. The van der Waals surface area contributed by atoms with E-state index < -0.39 is 58.4 Å². The number of phosphoric acid groups is 1. The second-order valence-corrected chi connectivity index (χ2v) is 14.7. The number of esters is 2. The lowest BCUT2D eigenvalue weighted by molar-refractivity contribution is -0.153. The third-order valence-electron chi connectivity index (χ3n) is 7.87. The van der Waals surface area contributed by atoms with E-state index in [-0.39, 0.29) is 12.8 Å². The maximum atomic E-state index is 12.4.